The second-order valence-electron chi connectivity index (χ2n) is 4.61. The molecule has 0 fully saturated rings. The molecule has 0 aliphatic rings. The number of hydrogen-bond donors (Lipinski definition) is 0. The SMILES string of the molecule is CCC(=O)c1ccc(OC(=O)c2ccc(Br)c([N+](=O)[O-])c2)cc1. The average molecular weight is 378 g/mol. The number of nitro benzene ring substituents is 1. The third kappa shape index (κ3) is 4.01. The highest BCUT2D eigenvalue weighted by atomic mass is 79.9. The first-order chi connectivity index (χ1) is 10.9. The lowest BCUT2D eigenvalue weighted by molar-refractivity contribution is -0.385. The van der Waals surface area contributed by atoms with E-state index in [0.717, 1.165) is 6.07 Å². The van der Waals surface area contributed by atoms with E-state index in [4.69, 9.17) is 4.74 Å². The number of nitro groups is 1. The highest BCUT2D eigenvalue weighted by Crippen LogP contribution is 2.26. The Morgan fingerprint density at radius 2 is 1.74 bits per heavy atom. The van der Waals surface area contributed by atoms with Crippen LogP contribution in [0, 0.1) is 10.1 Å². The number of benzene rings is 2. The number of hydrogen-bond acceptors (Lipinski definition) is 5. The highest BCUT2D eigenvalue weighted by Gasteiger charge is 2.17. The maximum absolute atomic E-state index is 12.0. The number of carbonyl (C=O) groups excluding carboxylic acids is 2. The summed E-state index contributed by atoms with van der Waals surface area (Å²) in [6.07, 6.45) is 0.391. The molecule has 0 spiro atoms. The predicted molar refractivity (Wildman–Crippen MR) is 86.8 cm³/mol. The molecule has 118 valence electrons. The zero-order valence-corrected chi connectivity index (χ0v) is 13.7. The third-order valence-corrected chi connectivity index (χ3v) is 3.76. The third-order valence-electron chi connectivity index (χ3n) is 3.09. The highest BCUT2D eigenvalue weighted by molar-refractivity contribution is 9.10. The van der Waals surface area contributed by atoms with Gasteiger partial charge in [0.05, 0.1) is 15.0 Å². The van der Waals surface area contributed by atoms with Gasteiger partial charge < -0.3 is 4.74 Å². The van der Waals surface area contributed by atoms with Gasteiger partial charge in [0.1, 0.15) is 5.75 Å². The fourth-order valence-corrected chi connectivity index (χ4v) is 2.25. The van der Waals surface area contributed by atoms with E-state index in [0.29, 0.717) is 12.0 Å². The van der Waals surface area contributed by atoms with Crippen LogP contribution in [-0.4, -0.2) is 16.7 Å². The summed E-state index contributed by atoms with van der Waals surface area (Å²) in [5, 5.41) is 10.9. The molecule has 0 bridgehead atoms. The van der Waals surface area contributed by atoms with E-state index in [1.165, 1.54) is 24.3 Å². The summed E-state index contributed by atoms with van der Waals surface area (Å²) in [5.41, 5.74) is 0.378. The number of esters is 1. The van der Waals surface area contributed by atoms with Crippen molar-refractivity contribution in [1.82, 2.24) is 0 Å². The summed E-state index contributed by atoms with van der Waals surface area (Å²) in [5.74, 6) is -0.463. The molecule has 6 nitrogen and oxygen atoms in total. The standard InChI is InChI=1S/C16H12BrNO5/c1-2-15(19)10-3-6-12(7-4-10)23-16(20)11-5-8-13(17)14(9-11)18(21)22/h3-9H,2H2,1H3. The van der Waals surface area contributed by atoms with Crippen LogP contribution >= 0.6 is 15.9 Å². The Kier molecular flexibility index (Phi) is 5.23. The van der Waals surface area contributed by atoms with Crippen LogP contribution in [0.1, 0.15) is 34.1 Å². The van der Waals surface area contributed by atoms with Crippen LogP contribution in [0.2, 0.25) is 0 Å². The monoisotopic (exact) mass is 377 g/mol. The first-order valence-corrected chi connectivity index (χ1v) is 7.51. The van der Waals surface area contributed by atoms with Crippen LogP contribution in [0.5, 0.6) is 5.75 Å². The van der Waals surface area contributed by atoms with E-state index in [1.54, 1.807) is 19.1 Å². The number of ether oxygens (including phenoxy) is 1. The first-order valence-electron chi connectivity index (χ1n) is 6.71. The molecule has 7 heteroatoms. The molecule has 2 rings (SSSR count). The van der Waals surface area contributed by atoms with Crippen LogP contribution in [-0.2, 0) is 0 Å². The number of halogens is 1. The van der Waals surface area contributed by atoms with Gasteiger partial charge in [-0.05, 0) is 52.3 Å². The number of Topliss-reactive ketones (excluding diaryl/α,β-unsaturated/α-hetero) is 1. The largest absolute Gasteiger partial charge is 0.423 e. The van der Waals surface area contributed by atoms with Gasteiger partial charge in [-0.3, -0.25) is 14.9 Å². The molecule has 2 aromatic carbocycles. The molecule has 0 N–H and O–H groups in total. The van der Waals surface area contributed by atoms with Crippen molar-refractivity contribution in [2.45, 2.75) is 13.3 Å². The van der Waals surface area contributed by atoms with Gasteiger partial charge in [0.2, 0.25) is 0 Å². The fourth-order valence-electron chi connectivity index (χ4n) is 1.86. The van der Waals surface area contributed by atoms with Crippen LogP contribution in [0.3, 0.4) is 0 Å². The maximum atomic E-state index is 12.0. The molecule has 0 aliphatic heterocycles. The Morgan fingerprint density at radius 3 is 2.30 bits per heavy atom. The Labute approximate surface area is 140 Å². The molecule has 0 aliphatic carbocycles. The molecule has 0 heterocycles. The fraction of sp³-hybridized carbons (Fsp3) is 0.125. The molecular formula is C16H12BrNO5. The van der Waals surface area contributed by atoms with Crippen LogP contribution < -0.4 is 4.74 Å². The topological polar surface area (TPSA) is 86.5 Å². The van der Waals surface area contributed by atoms with Gasteiger partial charge in [-0.2, -0.15) is 0 Å². The van der Waals surface area contributed by atoms with E-state index in [1.807, 2.05) is 0 Å². The minimum atomic E-state index is -0.713. The molecule has 0 aromatic heterocycles. The lowest BCUT2D eigenvalue weighted by atomic mass is 10.1. The lowest BCUT2D eigenvalue weighted by Gasteiger charge is -2.05. The lowest BCUT2D eigenvalue weighted by Crippen LogP contribution is -2.09. The van der Waals surface area contributed by atoms with E-state index in [-0.39, 0.29) is 27.3 Å². The quantitative estimate of drug-likeness (QED) is 0.256. The normalized spacial score (nSPS) is 10.2. The van der Waals surface area contributed by atoms with E-state index in [9.17, 15) is 19.7 Å². The zero-order chi connectivity index (χ0) is 17.0. The molecule has 0 unspecified atom stereocenters. The second kappa shape index (κ2) is 7.15. The second-order valence-corrected chi connectivity index (χ2v) is 5.47. The molecule has 2 aromatic rings. The predicted octanol–water partition coefficient (Wildman–Crippen LogP) is 4.17. The summed E-state index contributed by atoms with van der Waals surface area (Å²) < 4.78 is 5.43. The summed E-state index contributed by atoms with van der Waals surface area (Å²) in [6, 6.07) is 10.1. The Balaban J connectivity index is 2.17. The van der Waals surface area contributed by atoms with E-state index < -0.39 is 10.9 Å². The Morgan fingerprint density at radius 1 is 1.13 bits per heavy atom. The molecule has 0 saturated carbocycles. The molecule has 0 atom stereocenters. The minimum Gasteiger partial charge on any atom is -0.423 e. The van der Waals surface area contributed by atoms with E-state index in [2.05, 4.69) is 15.9 Å². The van der Waals surface area contributed by atoms with E-state index >= 15 is 0 Å². The van der Waals surface area contributed by atoms with Gasteiger partial charge in [0, 0.05) is 18.1 Å². The van der Waals surface area contributed by atoms with Gasteiger partial charge in [0.15, 0.2) is 5.78 Å². The van der Waals surface area contributed by atoms with Crippen molar-refractivity contribution in [3.8, 4) is 5.75 Å². The van der Waals surface area contributed by atoms with Crippen LogP contribution in [0.15, 0.2) is 46.9 Å². The molecule has 23 heavy (non-hydrogen) atoms. The van der Waals surface area contributed by atoms with Gasteiger partial charge in [0.25, 0.3) is 5.69 Å². The van der Waals surface area contributed by atoms with Crippen molar-refractivity contribution in [2.24, 2.45) is 0 Å². The smallest absolute Gasteiger partial charge is 0.343 e. The van der Waals surface area contributed by atoms with Crippen molar-refractivity contribution < 1.29 is 19.2 Å². The number of carbonyl (C=O) groups is 2. The summed E-state index contributed by atoms with van der Waals surface area (Å²) >= 11 is 3.05. The average Bonchev–Trinajstić information content (AvgIpc) is 2.54. The zero-order valence-electron chi connectivity index (χ0n) is 12.1. The van der Waals surface area contributed by atoms with Crippen molar-refractivity contribution in [3.63, 3.8) is 0 Å². The number of rotatable bonds is 5. The van der Waals surface area contributed by atoms with Gasteiger partial charge in [-0.25, -0.2) is 4.79 Å². The van der Waals surface area contributed by atoms with Crippen molar-refractivity contribution in [2.75, 3.05) is 0 Å². The van der Waals surface area contributed by atoms with Crippen LogP contribution in [0.4, 0.5) is 5.69 Å². The van der Waals surface area contributed by atoms with Crippen molar-refractivity contribution in [1.29, 1.82) is 0 Å². The first kappa shape index (κ1) is 16.8. The van der Waals surface area contributed by atoms with Crippen LogP contribution in [0.25, 0.3) is 0 Å². The molecule has 0 amide bonds. The number of ketones is 1. The molecule has 0 radical (unpaired) electrons. The maximum Gasteiger partial charge on any atom is 0.343 e. The summed E-state index contributed by atoms with van der Waals surface area (Å²) in [7, 11) is 0. The Hall–Kier alpha value is -2.54. The molecule has 0 saturated heterocycles. The van der Waals surface area contributed by atoms with Crippen molar-refractivity contribution >= 4 is 33.4 Å². The molecular weight excluding hydrogens is 366 g/mol. The minimum absolute atomic E-state index is 0.00795. The van der Waals surface area contributed by atoms with Gasteiger partial charge >= 0.3 is 5.97 Å². The summed E-state index contributed by atoms with van der Waals surface area (Å²) in [4.78, 5) is 33.9. The van der Waals surface area contributed by atoms with Gasteiger partial charge in [-0.15, -0.1) is 0 Å². The number of nitrogens with zero attached hydrogens (tertiary/aromatic N) is 1. The summed E-state index contributed by atoms with van der Waals surface area (Å²) in [6.45, 7) is 1.76. The van der Waals surface area contributed by atoms with Gasteiger partial charge in [-0.1, -0.05) is 6.92 Å². The Bertz CT molecular complexity index is 771. The van der Waals surface area contributed by atoms with Crippen molar-refractivity contribution in [3.05, 3.63) is 68.2 Å².